The largest absolute Gasteiger partial charge is 0.382 e. The van der Waals surface area contributed by atoms with Crippen LogP contribution >= 0.6 is 23.5 Å². The molecular formula is C20H26N2OS2. The number of rotatable bonds is 5. The van der Waals surface area contributed by atoms with Crippen LogP contribution in [-0.2, 0) is 4.79 Å². The molecule has 0 amide bonds. The number of carbonyl (C=O) groups excluding carboxylic acids is 1. The second-order valence-electron chi connectivity index (χ2n) is 7.61. The molecule has 1 aromatic rings. The van der Waals surface area contributed by atoms with Gasteiger partial charge in [0.2, 0.25) is 0 Å². The molecule has 1 aromatic carbocycles. The zero-order valence-corrected chi connectivity index (χ0v) is 16.7. The molecule has 1 heterocycles. The van der Waals surface area contributed by atoms with Gasteiger partial charge < -0.3 is 10.2 Å². The fourth-order valence-electron chi connectivity index (χ4n) is 5.14. The fraction of sp³-hybridized carbons (Fsp3) is 0.550. The number of anilines is 1. The van der Waals surface area contributed by atoms with E-state index in [4.69, 9.17) is 0 Å². The number of thioether (sulfide) groups is 2. The van der Waals surface area contributed by atoms with Gasteiger partial charge in [0.25, 0.3) is 0 Å². The molecule has 3 nitrogen and oxygen atoms in total. The lowest BCUT2D eigenvalue weighted by molar-refractivity contribution is 0.311. The first-order chi connectivity index (χ1) is 12.1. The van der Waals surface area contributed by atoms with Crippen molar-refractivity contribution in [3.05, 3.63) is 39.8 Å². The van der Waals surface area contributed by atoms with Gasteiger partial charge in [-0.3, -0.25) is 4.79 Å². The average Bonchev–Trinajstić information content (AvgIpc) is 3.23. The Morgan fingerprint density at radius 3 is 2.56 bits per heavy atom. The van der Waals surface area contributed by atoms with Crippen LogP contribution in [-0.4, -0.2) is 32.0 Å². The zero-order valence-electron chi connectivity index (χ0n) is 15.1. The van der Waals surface area contributed by atoms with Crippen molar-refractivity contribution in [3.63, 3.8) is 0 Å². The number of nitrogens with one attached hydrogen (secondary N) is 1. The van der Waals surface area contributed by atoms with E-state index in [1.807, 2.05) is 18.8 Å². The van der Waals surface area contributed by atoms with E-state index < -0.39 is 0 Å². The molecule has 1 unspecified atom stereocenters. The summed E-state index contributed by atoms with van der Waals surface area (Å²) < 4.78 is 0. The third-order valence-electron chi connectivity index (χ3n) is 6.22. The van der Waals surface area contributed by atoms with Gasteiger partial charge in [-0.2, -0.15) is 0 Å². The van der Waals surface area contributed by atoms with E-state index in [2.05, 4.69) is 48.6 Å². The van der Waals surface area contributed by atoms with Crippen molar-refractivity contribution in [2.45, 2.75) is 30.4 Å². The second-order valence-corrected chi connectivity index (χ2v) is 9.67. The quantitative estimate of drug-likeness (QED) is 0.777. The molecule has 134 valence electrons. The van der Waals surface area contributed by atoms with Crippen LogP contribution in [0.25, 0.3) is 0 Å². The first-order valence-electron chi connectivity index (χ1n) is 9.10. The Morgan fingerprint density at radius 2 is 1.92 bits per heavy atom. The maximum atomic E-state index is 11.4. The third-order valence-corrected chi connectivity index (χ3v) is 8.79. The van der Waals surface area contributed by atoms with E-state index in [9.17, 15) is 4.79 Å². The van der Waals surface area contributed by atoms with Gasteiger partial charge in [0.15, 0.2) is 5.62 Å². The molecule has 25 heavy (non-hydrogen) atoms. The van der Waals surface area contributed by atoms with Gasteiger partial charge in [-0.25, -0.2) is 0 Å². The van der Waals surface area contributed by atoms with Crippen molar-refractivity contribution in [2.24, 2.45) is 17.8 Å². The smallest absolute Gasteiger partial charge is 0.180 e. The van der Waals surface area contributed by atoms with Crippen LogP contribution < -0.4 is 10.2 Å². The van der Waals surface area contributed by atoms with Gasteiger partial charge in [-0.15, -0.1) is 11.8 Å². The van der Waals surface area contributed by atoms with Gasteiger partial charge in [-0.05, 0) is 54.7 Å². The van der Waals surface area contributed by atoms with Gasteiger partial charge in [-0.1, -0.05) is 23.9 Å². The zero-order chi connectivity index (χ0) is 17.6. The summed E-state index contributed by atoms with van der Waals surface area (Å²) in [5, 5.41) is 5.31. The van der Waals surface area contributed by atoms with E-state index in [-0.39, 0.29) is 0 Å². The molecule has 0 radical (unpaired) electrons. The highest BCUT2D eigenvalue weighted by atomic mass is 32.2. The Morgan fingerprint density at radius 1 is 1.20 bits per heavy atom. The average molecular weight is 375 g/mol. The minimum atomic E-state index is 0.357. The summed E-state index contributed by atoms with van der Waals surface area (Å²) in [5.74, 6) is 2.71. The van der Waals surface area contributed by atoms with Gasteiger partial charge in [0, 0.05) is 42.9 Å². The van der Waals surface area contributed by atoms with Crippen molar-refractivity contribution in [3.8, 4) is 0 Å². The SMILES string of the molecule is CNC1=C(SC=O)[C@H](c2ccc(N(C)C)cc2)[C@H]2[C@@H]3CCC(C3)[C@H]2S1. The molecule has 2 bridgehead atoms. The Hall–Kier alpha value is -1.07. The molecule has 0 aromatic heterocycles. The molecule has 4 rings (SSSR count). The summed E-state index contributed by atoms with van der Waals surface area (Å²) >= 11 is 3.38. The number of carbonyl (C=O) groups is 1. The molecule has 2 aliphatic carbocycles. The van der Waals surface area contributed by atoms with E-state index in [1.54, 1.807) is 0 Å². The molecule has 2 fully saturated rings. The summed E-state index contributed by atoms with van der Waals surface area (Å²) in [7, 11) is 6.14. The number of hydrogen-bond donors (Lipinski definition) is 1. The van der Waals surface area contributed by atoms with E-state index in [0.717, 1.165) is 17.5 Å². The Kier molecular flexibility index (Phi) is 4.80. The molecule has 5 atom stereocenters. The highest BCUT2D eigenvalue weighted by Gasteiger charge is 2.54. The predicted molar refractivity (Wildman–Crippen MR) is 110 cm³/mol. The standard InChI is InChI=1S/C20H26N2OS2/c1-21-20-19(24-11-23)16(12-6-8-15(9-7-12)22(2)3)17-13-4-5-14(10-13)18(17)25-20/h6-9,11,13-14,16-18,21H,4-5,10H2,1-3H3/t13-,14?,16-,17-,18-/m1/s1. The summed E-state index contributed by atoms with van der Waals surface area (Å²) in [6.45, 7) is 0. The van der Waals surface area contributed by atoms with Crippen LogP contribution in [0, 0.1) is 17.8 Å². The topological polar surface area (TPSA) is 32.3 Å². The van der Waals surface area contributed by atoms with Crippen LogP contribution in [0.5, 0.6) is 0 Å². The monoisotopic (exact) mass is 374 g/mol. The Balaban J connectivity index is 1.77. The first-order valence-corrected chi connectivity index (χ1v) is 10.9. The Labute approximate surface area is 159 Å². The Bertz CT molecular complexity index is 685. The lowest BCUT2D eigenvalue weighted by atomic mass is 9.75. The molecule has 0 spiro atoms. The van der Waals surface area contributed by atoms with Crippen molar-refractivity contribution in [2.75, 3.05) is 26.0 Å². The van der Waals surface area contributed by atoms with E-state index in [1.165, 1.54) is 52.2 Å². The number of benzene rings is 1. The molecule has 3 aliphatic rings. The van der Waals surface area contributed by atoms with E-state index in [0.29, 0.717) is 17.1 Å². The number of nitrogens with zero attached hydrogens (tertiary/aromatic N) is 1. The van der Waals surface area contributed by atoms with E-state index >= 15 is 0 Å². The van der Waals surface area contributed by atoms with Crippen molar-refractivity contribution < 1.29 is 4.79 Å². The summed E-state index contributed by atoms with van der Waals surface area (Å²) in [6, 6.07) is 8.97. The van der Waals surface area contributed by atoms with Crippen molar-refractivity contribution in [1.29, 1.82) is 0 Å². The van der Waals surface area contributed by atoms with Gasteiger partial charge >= 0.3 is 0 Å². The number of allylic oxidation sites excluding steroid dienone is 1. The van der Waals surface area contributed by atoms with Gasteiger partial charge in [0.1, 0.15) is 0 Å². The van der Waals surface area contributed by atoms with Crippen molar-refractivity contribution in [1.82, 2.24) is 5.32 Å². The summed E-state index contributed by atoms with van der Waals surface area (Å²) in [6.07, 6.45) is 4.13. The van der Waals surface area contributed by atoms with Crippen LogP contribution in [0.1, 0.15) is 30.7 Å². The predicted octanol–water partition coefficient (Wildman–Crippen LogP) is 4.31. The minimum absolute atomic E-state index is 0.357. The number of fused-ring (bicyclic) bond motifs is 5. The van der Waals surface area contributed by atoms with Crippen LogP contribution in [0.2, 0.25) is 0 Å². The lowest BCUT2D eigenvalue weighted by Crippen LogP contribution is -2.36. The molecule has 2 saturated carbocycles. The number of hydrogen-bond acceptors (Lipinski definition) is 5. The van der Waals surface area contributed by atoms with Crippen molar-refractivity contribution >= 4 is 34.8 Å². The molecule has 1 N–H and O–H groups in total. The maximum absolute atomic E-state index is 11.4. The summed E-state index contributed by atoms with van der Waals surface area (Å²) in [5.41, 5.74) is 3.59. The second kappa shape index (κ2) is 6.92. The normalized spacial score (nSPS) is 33.3. The minimum Gasteiger partial charge on any atom is -0.382 e. The highest BCUT2D eigenvalue weighted by molar-refractivity contribution is 8.16. The first kappa shape index (κ1) is 17.3. The summed E-state index contributed by atoms with van der Waals surface area (Å²) in [4.78, 5) is 14.8. The van der Waals surface area contributed by atoms with Crippen LogP contribution in [0.4, 0.5) is 5.69 Å². The third kappa shape index (κ3) is 2.89. The van der Waals surface area contributed by atoms with Gasteiger partial charge in [0.05, 0.1) is 5.03 Å². The lowest BCUT2D eigenvalue weighted by Gasteiger charge is -2.42. The molecule has 1 aliphatic heterocycles. The van der Waals surface area contributed by atoms with Crippen LogP contribution in [0.3, 0.4) is 0 Å². The van der Waals surface area contributed by atoms with Crippen LogP contribution in [0.15, 0.2) is 34.2 Å². The molecule has 0 saturated heterocycles. The highest BCUT2D eigenvalue weighted by Crippen LogP contribution is 2.64. The fourth-order valence-corrected chi connectivity index (χ4v) is 7.79. The maximum Gasteiger partial charge on any atom is 0.180 e. The molecule has 5 heteroatoms. The molecular weight excluding hydrogens is 348 g/mol.